The molecule has 0 saturated carbocycles. The molecule has 1 aromatic rings. The number of pyridine rings is 1. The van der Waals surface area contributed by atoms with Crippen LogP contribution in [0.15, 0.2) is 29.4 Å². The molecule has 2 saturated heterocycles. The number of aromatic nitrogens is 1. The van der Waals surface area contributed by atoms with Gasteiger partial charge in [-0.15, -0.1) is 24.0 Å². The fourth-order valence-electron chi connectivity index (χ4n) is 4.02. The molecule has 29 heavy (non-hydrogen) atoms. The third-order valence-electron chi connectivity index (χ3n) is 5.54. The fraction of sp³-hybridized carbons (Fsp3) is 0.714. The normalized spacial score (nSPS) is 26.2. The summed E-state index contributed by atoms with van der Waals surface area (Å²) >= 11 is 0. The first-order valence-electron chi connectivity index (χ1n) is 10.3. The van der Waals surface area contributed by atoms with Gasteiger partial charge in [0.15, 0.2) is 5.96 Å². The number of likely N-dealkylation sites (tertiary alicyclic amines) is 1. The van der Waals surface area contributed by atoms with Gasteiger partial charge in [-0.05, 0) is 33.8 Å². The Balaban J connectivity index is 0.00000300. The number of guanidine groups is 1. The van der Waals surface area contributed by atoms with Crippen molar-refractivity contribution < 1.29 is 9.47 Å². The van der Waals surface area contributed by atoms with E-state index in [2.05, 4.69) is 52.8 Å². The zero-order valence-electron chi connectivity index (χ0n) is 18.3. The van der Waals surface area contributed by atoms with Crippen molar-refractivity contribution in [2.75, 3.05) is 39.8 Å². The zero-order valence-corrected chi connectivity index (χ0v) is 20.6. The molecule has 1 aromatic heterocycles. The van der Waals surface area contributed by atoms with Crippen molar-refractivity contribution in [2.24, 2.45) is 4.99 Å². The maximum absolute atomic E-state index is 6.01. The summed E-state index contributed by atoms with van der Waals surface area (Å²) in [5.74, 6) is 1.63. The first-order chi connectivity index (χ1) is 13.4. The SMILES string of the molecule is CN=C(NCC(C)(C)N1CC(C)OC(C)C1)N1CCC(Oc2ccccn2)C1.I. The van der Waals surface area contributed by atoms with Crippen molar-refractivity contribution in [3.8, 4) is 5.88 Å². The van der Waals surface area contributed by atoms with E-state index in [1.54, 1.807) is 6.20 Å². The van der Waals surface area contributed by atoms with Gasteiger partial charge < -0.3 is 19.7 Å². The van der Waals surface area contributed by atoms with Gasteiger partial charge in [0.25, 0.3) is 0 Å². The number of morpholine rings is 1. The molecule has 1 N–H and O–H groups in total. The number of halogens is 1. The van der Waals surface area contributed by atoms with E-state index in [4.69, 9.17) is 9.47 Å². The lowest BCUT2D eigenvalue weighted by Crippen LogP contribution is -2.59. The van der Waals surface area contributed by atoms with Crippen LogP contribution >= 0.6 is 24.0 Å². The van der Waals surface area contributed by atoms with Crippen LogP contribution in [0.4, 0.5) is 0 Å². The molecule has 3 heterocycles. The molecule has 2 aliphatic rings. The van der Waals surface area contributed by atoms with Gasteiger partial charge in [-0.3, -0.25) is 9.89 Å². The van der Waals surface area contributed by atoms with Crippen LogP contribution < -0.4 is 10.1 Å². The lowest BCUT2D eigenvalue weighted by atomic mass is 10.00. The highest BCUT2D eigenvalue weighted by atomic mass is 127. The molecule has 0 bridgehead atoms. The predicted molar refractivity (Wildman–Crippen MR) is 127 cm³/mol. The standard InChI is InChI=1S/C21H35N5O2.HI/c1-16-12-26(13-17(2)27-16)21(3,4)15-24-20(22-5)25-11-9-18(14-25)28-19-8-6-7-10-23-19;/h6-8,10,16-18H,9,11-15H2,1-5H3,(H,22,24);1H. The second kappa shape index (κ2) is 10.8. The summed E-state index contributed by atoms with van der Waals surface area (Å²) < 4.78 is 11.9. The van der Waals surface area contributed by atoms with Gasteiger partial charge in [-0.2, -0.15) is 0 Å². The average Bonchev–Trinajstić information content (AvgIpc) is 3.10. The number of rotatable bonds is 5. The zero-order chi connectivity index (χ0) is 20.1. The van der Waals surface area contributed by atoms with E-state index in [9.17, 15) is 0 Å². The molecule has 0 amide bonds. The van der Waals surface area contributed by atoms with E-state index in [0.29, 0.717) is 5.88 Å². The van der Waals surface area contributed by atoms with Gasteiger partial charge in [-0.25, -0.2) is 4.98 Å². The number of nitrogens with zero attached hydrogens (tertiary/aromatic N) is 4. The topological polar surface area (TPSA) is 62.2 Å². The molecule has 7 nitrogen and oxygen atoms in total. The Kier molecular flexibility index (Phi) is 8.96. The molecule has 3 unspecified atom stereocenters. The highest BCUT2D eigenvalue weighted by Crippen LogP contribution is 2.21. The highest BCUT2D eigenvalue weighted by Gasteiger charge is 2.34. The summed E-state index contributed by atoms with van der Waals surface area (Å²) in [4.78, 5) is 13.6. The minimum Gasteiger partial charge on any atom is -0.472 e. The molecular formula is C21H36IN5O2. The van der Waals surface area contributed by atoms with Crippen molar-refractivity contribution in [1.82, 2.24) is 20.1 Å². The van der Waals surface area contributed by atoms with Crippen LogP contribution in [0.1, 0.15) is 34.1 Å². The van der Waals surface area contributed by atoms with Crippen molar-refractivity contribution in [3.63, 3.8) is 0 Å². The summed E-state index contributed by atoms with van der Waals surface area (Å²) in [7, 11) is 1.85. The summed E-state index contributed by atoms with van der Waals surface area (Å²) in [6.07, 6.45) is 3.41. The van der Waals surface area contributed by atoms with E-state index in [1.165, 1.54) is 0 Å². The number of ether oxygens (including phenoxy) is 2. The molecule has 0 aliphatic carbocycles. The van der Waals surface area contributed by atoms with Crippen LogP contribution in [0.5, 0.6) is 5.88 Å². The molecule has 0 aromatic carbocycles. The van der Waals surface area contributed by atoms with Crippen LogP contribution in [0.3, 0.4) is 0 Å². The summed E-state index contributed by atoms with van der Waals surface area (Å²) in [5, 5.41) is 3.59. The minimum absolute atomic E-state index is 0. The number of hydrogen-bond acceptors (Lipinski definition) is 5. The molecular weight excluding hydrogens is 481 g/mol. The first kappa shape index (κ1) is 24.1. The van der Waals surface area contributed by atoms with Crippen LogP contribution in [0.2, 0.25) is 0 Å². The maximum Gasteiger partial charge on any atom is 0.213 e. The van der Waals surface area contributed by atoms with Gasteiger partial charge in [0.1, 0.15) is 6.10 Å². The van der Waals surface area contributed by atoms with Crippen molar-refractivity contribution >= 4 is 29.9 Å². The highest BCUT2D eigenvalue weighted by molar-refractivity contribution is 14.0. The number of nitrogens with one attached hydrogen (secondary N) is 1. The van der Waals surface area contributed by atoms with E-state index in [0.717, 1.165) is 45.1 Å². The van der Waals surface area contributed by atoms with Crippen LogP contribution in [0, 0.1) is 0 Å². The predicted octanol–water partition coefficient (Wildman–Crippen LogP) is 2.62. The second-order valence-electron chi connectivity index (χ2n) is 8.52. The Morgan fingerprint density at radius 1 is 1.28 bits per heavy atom. The lowest BCUT2D eigenvalue weighted by molar-refractivity contribution is -0.0947. The van der Waals surface area contributed by atoms with Gasteiger partial charge >= 0.3 is 0 Å². The van der Waals surface area contributed by atoms with Crippen molar-refractivity contribution in [2.45, 2.75) is 58.0 Å². The summed E-state index contributed by atoms with van der Waals surface area (Å²) in [6.45, 7) is 13.4. The smallest absolute Gasteiger partial charge is 0.213 e. The van der Waals surface area contributed by atoms with Gasteiger partial charge in [0.05, 0.1) is 18.8 Å². The van der Waals surface area contributed by atoms with E-state index in [1.807, 2.05) is 25.2 Å². The molecule has 2 aliphatic heterocycles. The van der Waals surface area contributed by atoms with Gasteiger partial charge in [-0.1, -0.05) is 6.07 Å². The monoisotopic (exact) mass is 517 g/mol. The molecule has 164 valence electrons. The molecule has 3 atom stereocenters. The average molecular weight is 517 g/mol. The van der Waals surface area contributed by atoms with Gasteiger partial charge in [0.2, 0.25) is 5.88 Å². The third kappa shape index (κ3) is 6.68. The second-order valence-corrected chi connectivity index (χ2v) is 8.52. The van der Waals surface area contributed by atoms with Crippen LogP contribution in [-0.4, -0.2) is 84.4 Å². The van der Waals surface area contributed by atoms with Gasteiger partial charge in [0, 0.05) is 57.4 Å². The first-order valence-corrected chi connectivity index (χ1v) is 10.3. The van der Waals surface area contributed by atoms with Crippen molar-refractivity contribution in [3.05, 3.63) is 24.4 Å². The fourth-order valence-corrected chi connectivity index (χ4v) is 4.02. The Hall–Kier alpha value is -1.13. The van der Waals surface area contributed by atoms with Crippen molar-refractivity contribution in [1.29, 1.82) is 0 Å². The van der Waals surface area contributed by atoms with Crippen LogP contribution in [0.25, 0.3) is 0 Å². The van der Waals surface area contributed by atoms with Crippen LogP contribution in [-0.2, 0) is 4.74 Å². The minimum atomic E-state index is 0. The Morgan fingerprint density at radius 3 is 2.62 bits per heavy atom. The Bertz CT molecular complexity index is 648. The molecule has 0 radical (unpaired) electrons. The molecule has 3 rings (SSSR count). The number of hydrogen-bond donors (Lipinski definition) is 1. The summed E-state index contributed by atoms with van der Waals surface area (Å²) in [5.41, 5.74) is 0.0197. The molecule has 8 heteroatoms. The Labute approximate surface area is 192 Å². The lowest BCUT2D eigenvalue weighted by Gasteiger charge is -2.45. The molecule has 2 fully saturated rings. The maximum atomic E-state index is 6.01. The summed E-state index contributed by atoms with van der Waals surface area (Å²) in [6, 6.07) is 5.75. The largest absolute Gasteiger partial charge is 0.472 e. The quantitative estimate of drug-likeness (QED) is 0.368. The van der Waals surface area contributed by atoms with E-state index >= 15 is 0 Å². The van der Waals surface area contributed by atoms with E-state index < -0.39 is 0 Å². The molecule has 0 spiro atoms. The Morgan fingerprint density at radius 2 is 2.00 bits per heavy atom. The number of aliphatic imine (C=N–C) groups is 1. The van der Waals surface area contributed by atoms with E-state index in [-0.39, 0.29) is 47.8 Å². The third-order valence-corrected chi connectivity index (χ3v) is 5.54.